The lowest BCUT2D eigenvalue weighted by atomic mass is 9.69. The maximum atomic E-state index is 11.9. The van der Waals surface area contributed by atoms with Gasteiger partial charge in [-0.25, -0.2) is 4.79 Å². The smallest absolute Gasteiger partial charge is 0.315 e. The predicted molar refractivity (Wildman–Crippen MR) is 68.9 cm³/mol. The van der Waals surface area contributed by atoms with Gasteiger partial charge < -0.3 is 20.5 Å². The lowest BCUT2D eigenvalue weighted by Gasteiger charge is -2.38. The van der Waals surface area contributed by atoms with Gasteiger partial charge in [0.1, 0.15) is 0 Å². The SMILES string of the molecule is CC1OCCC1(C)NC(=O)NCC1(C(=O)O)CCC1. The molecule has 2 amide bonds. The number of urea groups is 1. The van der Waals surface area contributed by atoms with E-state index in [2.05, 4.69) is 10.6 Å². The Morgan fingerprint density at radius 3 is 2.47 bits per heavy atom. The maximum Gasteiger partial charge on any atom is 0.315 e. The normalized spacial score (nSPS) is 32.4. The van der Waals surface area contributed by atoms with E-state index in [4.69, 9.17) is 4.74 Å². The summed E-state index contributed by atoms with van der Waals surface area (Å²) in [5.74, 6) is -0.817. The molecule has 1 heterocycles. The first kappa shape index (κ1) is 14.1. The Morgan fingerprint density at radius 2 is 2.05 bits per heavy atom. The highest BCUT2D eigenvalue weighted by Crippen LogP contribution is 2.40. The molecule has 1 saturated carbocycles. The van der Waals surface area contributed by atoms with E-state index in [9.17, 15) is 14.7 Å². The third-order valence-electron chi connectivity index (χ3n) is 4.64. The van der Waals surface area contributed by atoms with Crippen LogP contribution < -0.4 is 10.6 Å². The molecule has 0 radical (unpaired) electrons. The number of carboxylic acid groups (broad SMARTS) is 1. The summed E-state index contributed by atoms with van der Waals surface area (Å²) in [6, 6.07) is -0.313. The van der Waals surface area contributed by atoms with Crippen LogP contribution >= 0.6 is 0 Å². The van der Waals surface area contributed by atoms with Gasteiger partial charge in [0, 0.05) is 13.2 Å². The van der Waals surface area contributed by atoms with Gasteiger partial charge in [0.15, 0.2) is 0 Å². The number of hydrogen-bond acceptors (Lipinski definition) is 3. The van der Waals surface area contributed by atoms with Crippen LogP contribution in [0.1, 0.15) is 39.5 Å². The summed E-state index contributed by atoms with van der Waals surface area (Å²) in [6.45, 7) is 4.70. The number of amides is 2. The molecule has 2 rings (SSSR count). The summed E-state index contributed by atoms with van der Waals surface area (Å²) in [4.78, 5) is 23.1. The topological polar surface area (TPSA) is 87.7 Å². The van der Waals surface area contributed by atoms with E-state index in [0.29, 0.717) is 19.4 Å². The average Bonchev–Trinajstić information content (AvgIpc) is 2.56. The number of ether oxygens (including phenoxy) is 1. The van der Waals surface area contributed by atoms with Crippen LogP contribution in [0, 0.1) is 5.41 Å². The Morgan fingerprint density at radius 1 is 1.37 bits per heavy atom. The lowest BCUT2D eigenvalue weighted by molar-refractivity contribution is -0.153. The Bertz CT molecular complexity index is 381. The molecule has 0 aromatic rings. The lowest BCUT2D eigenvalue weighted by Crippen LogP contribution is -2.56. The second kappa shape index (κ2) is 5.00. The van der Waals surface area contributed by atoms with Crippen LogP contribution in [0.4, 0.5) is 4.79 Å². The minimum Gasteiger partial charge on any atom is -0.481 e. The molecule has 1 aliphatic carbocycles. The number of nitrogens with one attached hydrogen (secondary N) is 2. The zero-order valence-corrected chi connectivity index (χ0v) is 11.5. The molecule has 3 N–H and O–H groups in total. The van der Waals surface area contributed by atoms with Crippen LogP contribution in [-0.2, 0) is 9.53 Å². The fraction of sp³-hybridized carbons (Fsp3) is 0.846. The van der Waals surface area contributed by atoms with Crippen molar-refractivity contribution in [3.8, 4) is 0 Å². The Hall–Kier alpha value is -1.30. The molecule has 6 heteroatoms. The van der Waals surface area contributed by atoms with Gasteiger partial charge in [-0.05, 0) is 33.1 Å². The van der Waals surface area contributed by atoms with Gasteiger partial charge in [0.05, 0.1) is 17.1 Å². The van der Waals surface area contributed by atoms with Gasteiger partial charge in [0.2, 0.25) is 0 Å². The van der Waals surface area contributed by atoms with Crippen LogP contribution in [-0.4, -0.2) is 41.9 Å². The van der Waals surface area contributed by atoms with Crippen LogP contribution in [0.15, 0.2) is 0 Å². The van der Waals surface area contributed by atoms with Gasteiger partial charge >= 0.3 is 12.0 Å². The Kier molecular flexibility index (Phi) is 3.71. The first-order valence-electron chi connectivity index (χ1n) is 6.79. The predicted octanol–water partition coefficient (Wildman–Crippen LogP) is 1.11. The number of hydrogen-bond donors (Lipinski definition) is 3. The van der Waals surface area contributed by atoms with Gasteiger partial charge in [-0.3, -0.25) is 4.79 Å². The summed E-state index contributed by atoms with van der Waals surface area (Å²) < 4.78 is 5.45. The van der Waals surface area contributed by atoms with Crippen molar-refractivity contribution in [2.75, 3.05) is 13.2 Å². The van der Waals surface area contributed by atoms with Gasteiger partial charge in [-0.1, -0.05) is 6.42 Å². The van der Waals surface area contributed by atoms with E-state index in [1.807, 2.05) is 13.8 Å². The number of aliphatic carboxylic acids is 1. The minimum atomic E-state index is -0.817. The molecule has 1 saturated heterocycles. The van der Waals surface area contributed by atoms with E-state index >= 15 is 0 Å². The molecule has 0 bridgehead atoms. The largest absolute Gasteiger partial charge is 0.481 e. The van der Waals surface area contributed by atoms with E-state index < -0.39 is 11.4 Å². The van der Waals surface area contributed by atoms with Gasteiger partial charge in [-0.15, -0.1) is 0 Å². The molecule has 2 atom stereocenters. The van der Waals surface area contributed by atoms with Crippen LogP contribution in [0.2, 0.25) is 0 Å². The Labute approximate surface area is 112 Å². The molecule has 2 aliphatic rings. The first-order valence-corrected chi connectivity index (χ1v) is 6.79. The minimum absolute atomic E-state index is 0.0320. The Balaban J connectivity index is 1.83. The quantitative estimate of drug-likeness (QED) is 0.714. The van der Waals surface area contributed by atoms with Crippen molar-refractivity contribution >= 4 is 12.0 Å². The van der Waals surface area contributed by atoms with Crippen molar-refractivity contribution in [3.05, 3.63) is 0 Å². The summed E-state index contributed by atoms with van der Waals surface area (Å²) in [6.07, 6.45) is 2.93. The van der Waals surface area contributed by atoms with Crippen molar-refractivity contribution in [1.82, 2.24) is 10.6 Å². The second-order valence-corrected chi connectivity index (χ2v) is 5.93. The zero-order chi connectivity index (χ0) is 14.1. The van der Waals surface area contributed by atoms with Crippen molar-refractivity contribution in [3.63, 3.8) is 0 Å². The molecule has 19 heavy (non-hydrogen) atoms. The third-order valence-corrected chi connectivity index (χ3v) is 4.64. The fourth-order valence-corrected chi connectivity index (χ4v) is 2.62. The average molecular weight is 270 g/mol. The molecule has 2 fully saturated rings. The molecular weight excluding hydrogens is 248 g/mol. The zero-order valence-electron chi connectivity index (χ0n) is 11.5. The summed E-state index contributed by atoms with van der Waals surface area (Å²) >= 11 is 0. The van der Waals surface area contributed by atoms with Gasteiger partial charge in [-0.2, -0.15) is 0 Å². The molecule has 0 aromatic carbocycles. The van der Waals surface area contributed by atoms with E-state index in [1.165, 1.54) is 0 Å². The number of carbonyl (C=O) groups is 2. The van der Waals surface area contributed by atoms with Crippen LogP contribution in [0.5, 0.6) is 0 Å². The highest BCUT2D eigenvalue weighted by atomic mass is 16.5. The van der Waals surface area contributed by atoms with Crippen LogP contribution in [0.25, 0.3) is 0 Å². The number of carboxylic acids is 1. The summed E-state index contributed by atoms with van der Waals surface area (Å²) in [5, 5.41) is 14.8. The molecular formula is C13H22N2O4. The monoisotopic (exact) mass is 270 g/mol. The molecule has 6 nitrogen and oxygen atoms in total. The highest BCUT2D eigenvalue weighted by molar-refractivity contribution is 5.79. The number of rotatable bonds is 4. The molecule has 108 valence electrons. The summed E-state index contributed by atoms with van der Waals surface area (Å²) in [7, 11) is 0. The van der Waals surface area contributed by atoms with E-state index in [-0.39, 0.29) is 24.2 Å². The molecule has 1 aliphatic heterocycles. The van der Waals surface area contributed by atoms with Crippen molar-refractivity contribution in [2.24, 2.45) is 5.41 Å². The van der Waals surface area contributed by atoms with Crippen molar-refractivity contribution in [1.29, 1.82) is 0 Å². The van der Waals surface area contributed by atoms with Crippen molar-refractivity contribution < 1.29 is 19.4 Å². The highest BCUT2D eigenvalue weighted by Gasteiger charge is 2.45. The van der Waals surface area contributed by atoms with Gasteiger partial charge in [0.25, 0.3) is 0 Å². The standard InChI is InChI=1S/C13H22N2O4/c1-9-12(2,6-7-19-9)15-11(18)14-8-13(10(16)17)4-3-5-13/h9H,3-8H2,1-2H3,(H,16,17)(H2,14,15,18). The number of carbonyl (C=O) groups excluding carboxylic acids is 1. The van der Waals surface area contributed by atoms with E-state index in [1.54, 1.807) is 0 Å². The van der Waals surface area contributed by atoms with Crippen molar-refractivity contribution in [2.45, 2.75) is 51.2 Å². The fourth-order valence-electron chi connectivity index (χ4n) is 2.62. The maximum absolute atomic E-state index is 11.9. The van der Waals surface area contributed by atoms with E-state index in [0.717, 1.165) is 12.8 Å². The summed E-state index contributed by atoms with van der Waals surface area (Å²) in [5.41, 5.74) is -1.13. The third kappa shape index (κ3) is 2.68. The second-order valence-electron chi connectivity index (χ2n) is 5.93. The first-order chi connectivity index (χ1) is 8.88. The van der Waals surface area contributed by atoms with Crippen LogP contribution in [0.3, 0.4) is 0 Å². The molecule has 0 spiro atoms. The molecule has 0 aromatic heterocycles. The molecule has 2 unspecified atom stereocenters.